The van der Waals surface area contributed by atoms with Gasteiger partial charge in [0.1, 0.15) is 23.1 Å². The fourth-order valence-electron chi connectivity index (χ4n) is 5.15. The molecule has 206 valence electrons. The number of aromatic nitrogens is 3. The van der Waals surface area contributed by atoms with E-state index in [1.807, 2.05) is 13.0 Å². The molecule has 2 aliphatic heterocycles. The van der Waals surface area contributed by atoms with Crippen molar-refractivity contribution >= 4 is 40.0 Å². The number of nitrogens with zero attached hydrogens (tertiary/aromatic N) is 4. The average molecular weight is 553 g/mol. The van der Waals surface area contributed by atoms with E-state index in [1.54, 1.807) is 26.5 Å². The Labute approximate surface area is 232 Å². The maximum absolute atomic E-state index is 11.9. The number of rotatable bonds is 8. The molecule has 2 saturated heterocycles. The molecule has 2 atom stereocenters. The Morgan fingerprint density at radius 3 is 2.59 bits per heavy atom. The number of fused-ring (bicyclic) bond motifs is 1. The van der Waals surface area contributed by atoms with Crippen molar-refractivity contribution in [1.82, 2.24) is 20.3 Å². The molecule has 2 aromatic heterocycles. The van der Waals surface area contributed by atoms with E-state index in [9.17, 15) is 4.79 Å². The molecule has 5 rings (SSSR count). The highest BCUT2D eigenvalue weighted by atomic mass is 35.5. The lowest BCUT2D eigenvalue weighted by molar-refractivity contribution is -0.117. The van der Waals surface area contributed by atoms with E-state index in [1.165, 1.54) is 12.5 Å². The summed E-state index contributed by atoms with van der Waals surface area (Å²) < 4.78 is 16.7. The van der Waals surface area contributed by atoms with Crippen LogP contribution in [-0.2, 0) is 9.53 Å². The molecule has 2 aliphatic rings. The summed E-state index contributed by atoms with van der Waals surface area (Å²) in [6.45, 7) is 8.13. The van der Waals surface area contributed by atoms with Crippen LogP contribution in [0.25, 0.3) is 22.3 Å². The molecule has 2 N–H and O–H groups in total. The van der Waals surface area contributed by atoms with Crippen LogP contribution in [0.15, 0.2) is 31.0 Å². The van der Waals surface area contributed by atoms with Gasteiger partial charge in [0.2, 0.25) is 5.91 Å². The zero-order valence-corrected chi connectivity index (χ0v) is 23.2. The van der Waals surface area contributed by atoms with E-state index >= 15 is 0 Å². The first-order chi connectivity index (χ1) is 18.9. The molecule has 0 radical (unpaired) electrons. The highest BCUT2D eigenvalue weighted by Crippen LogP contribution is 2.43. The van der Waals surface area contributed by atoms with Gasteiger partial charge in [-0.3, -0.25) is 4.79 Å². The Kier molecular flexibility index (Phi) is 8.04. The standard InChI is InChI=1S/C28H33ClN6O4/c1-5-24(36)32-20-15-39-14-19(20)31-23-11-17-18(13-30-23)33-27(34-28(17)35-9-7-6-8-10-35)25-16(2)21(37-3)12-22(38-4)26(25)29/h5,11-13,19-20H,1,6-10,14-15H2,2-4H3,(H,30,31)(H,32,36)/t19-,20+/m1/s1. The van der Waals surface area contributed by atoms with Gasteiger partial charge < -0.3 is 29.7 Å². The summed E-state index contributed by atoms with van der Waals surface area (Å²) >= 11 is 6.80. The highest BCUT2D eigenvalue weighted by molar-refractivity contribution is 6.35. The molecule has 0 aliphatic carbocycles. The number of ether oxygens (including phenoxy) is 3. The lowest BCUT2D eigenvalue weighted by Crippen LogP contribution is -2.45. The third kappa shape index (κ3) is 5.44. The lowest BCUT2D eigenvalue weighted by Gasteiger charge is -2.29. The minimum atomic E-state index is -0.236. The summed E-state index contributed by atoms with van der Waals surface area (Å²) in [6, 6.07) is 3.41. The minimum absolute atomic E-state index is 0.136. The van der Waals surface area contributed by atoms with Crippen molar-refractivity contribution in [2.45, 2.75) is 38.3 Å². The van der Waals surface area contributed by atoms with Crippen LogP contribution in [0.3, 0.4) is 0 Å². The fourth-order valence-corrected chi connectivity index (χ4v) is 5.51. The average Bonchev–Trinajstić information content (AvgIpc) is 3.39. The number of halogens is 1. The lowest BCUT2D eigenvalue weighted by atomic mass is 10.1. The number of amides is 1. The number of carbonyl (C=O) groups excluding carboxylic acids is 1. The Balaban J connectivity index is 1.59. The first kappa shape index (κ1) is 27.0. The van der Waals surface area contributed by atoms with Crippen LogP contribution in [0.5, 0.6) is 11.5 Å². The zero-order valence-electron chi connectivity index (χ0n) is 22.4. The van der Waals surface area contributed by atoms with Gasteiger partial charge in [0, 0.05) is 35.7 Å². The van der Waals surface area contributed by atoms with Gasteiger partial charge in [0.25, 0.3) is 0 Å². The minimum Gasteiger partial charge on any atom is -0.496 e. The van der Waals surface area contributed by atoms with Gasteiger partial charge in [-0.05, 0) is 38.3 Å². The Bertz CT molecular complexity index is 1370. The molecule has 1 amide bonds. The SMILES string of the molecule is C=CC(=O)N[C@H]1COC[C@H]1Nc1cc2c(N3CCCCC3)nc(-c3c(C)c(OC)cc(OC)c3Cl)nc2cn1. The molecule has 3 aromatic rings. The van der Waals surface area contributed by atoms with Gasteiger partial charge >= 0.3 is 0 Å². The molecule has 39 heavy (non-hydrogen) atoms. The fraction of sp³-hybridized carbons (Fsp3) is 0.429. The van der Waals surface area contributed by atoms with Crippen molar-refractivity contribution in [2.75, 3.05) is 50.7 Å². The molecule has 11 heteroatoms. The summed E-state index contributed by atoms with van der Waals surface area (Å²) in [5.41, 5.74) is 2.19. The smallest absolute Gasteiger partial charge is 0.243 e. The van der Waals surface area contributed by atoms with Gasteiger partial charge in [-0.2, -0.15) is 0 Å². The van der Waals surface area contributed by atoms with Crippen LogP contribution in [0.1, 0.15) is 24.8 Å². The van der Waals surface area contributed by atoms with Gasteiger partial charge in [0.05, 0.1) is 56.3 Å². The van der Waals surface area contributed by atoms with E-state index < -0.39 is 0 Å². The summed E-state index contributed by atoms with van der Waals surface area (Å²) in [7, 11) is 3.18. The van der Waals surface area contributed by atoms with E-state index in [2.05, 4.69) is 27.1 Å². The molecule has 0 unspecified atom stereocenters. The zero-order chi connectivity index (χ0) is 27.5. The van der Waals surface area contributed by atoms with Gasteiger partial charge in [0.15, 0.2) is 5.82 Å². The monoisotopic (exact) mass is 552 g/mol. The second kappa shape index (κ2) is 11.6. The van der Waals surface area contributed by atoms with Crippen LogP contribution in [0, 0.1) is 6.92 Å². The maximum atomic E-state index is 11.9. The molecule has 4 heterocycles. The highest BCUT2D eigenvalue weighted by Gasteiger charge is 2.30. The van der Waals surface area contributed by atoms with E-state index in [-0.39, 0.29) is 18.0 Å². The first-order valence-corrected chi connectivity index (χ1v) is 13.4. The normalized spacial score (nSPS) is 19.1. The van der Waals surface area contributed by atoms with Crippen molar-refractivity contribution in [3.05, 3.63) is 41.6 Å². The van der Waals surface area contributed by atoms with Crippen LogP contribution in [-0.4, -0.2) is 73.5 Å². The number of carbonyl (C=O) groups is 1. The number of benzene rings is 1. The Hall–Kier alpha value is -3.63. The van der Waals surface area contributed by atoms with Crippen molar-refractivity contribution < 1.29 is 19.0 Å². The molecule has 0 spiro atoms. The number of anilines is 2. The second-order valence-corrected chi connectivity index (χ2v) is 10.1. The molecule has 0 bridgehead atoms. The van der Waals surface area contributed by atoms with Crippen molar-refractivity contribution in [3.8, 4) is 22.9 Å². The van der Waals surface area contributed by atoms with E-state index in [0.29, 0.717) is 52.5 Å². The van der Waals surface area contributed by atoms with Crippen LogP contribution in [0.4, 0.5) is 11.6 Å². The third-order valence-corrected chi connectivity index (χ3v) is 7.63. The molecule has 1 aromatic carbocycles. The van der Waals surface area contributed by atoms with Gasteiger partial charge in [-0.15, -0.1) is 0 Å². The van der Waals surface area contributed by atoms with Gasteiger partial charge in [-0.25, -0.2) is 15.0 Å². The van der Waals surface area contributed by atoms with Crippen LogP contribution < -0.4 is 25.0 Å². The van der Waals surface area contributed by atoms with Crippen molar-refractivity contribution in [1.29, 1.82) is 0 Å². The predicted molar refractivity (Wildman–Crippen MR) is 152 cm³/mol. The van der Waals surface area contributed by atoms with Crippen LogP contribution >= 0.6 is 11.6 Å². The van der Waals surface area contributed by atoms with Crippen molar-refractivity contribution in [3.63, 3.8) is 0 Å². The summed E-state index contributed by atoms with van der Waals surface area (Å²) in [4.78, 5) is 28.8. The molecular weight excluding hydrogens is 520 g/mol. The van der Waals surface area contributed by atoms with E-state index in [4.69, 9.17) is 35.8 Å². The largest absolute Gasteiger partial charge is 0.496 e. The van der Waals surface area contributed by atoms with E-state index in [0.717, 1.165) is 42.7 Å². The second-order valence-electron chi connectivity index (χ2n) is 9.71. The Morgan fingerprint density at radius 2 is 1.87 bits per heavy atom. The summed E-state index contributed by atoms with van der Waals surface area (Å²) in [5.74, 6) is 2.87. The quantitative estimate of drug-likeness (QED) is 0.398. The molecule has 0 saturated carbocycles. The predicted octanol–water partition coefficient (Wildman–Crippen LogP) is 4.14. The van der Waals surface area contributed by atoms with Crippen molar-refractivity contribution in [2.24, 2.45) is 0 Å². The number of hydrogen-bond acceptors (Lipinski definition) is 9. The third-order valence-electron chi connectivity index (χ3n) is 7.25. The molecule has 2 fully saturated rings. The number of piperidine rings is 1. The maximum Gasteiger partial charge on any atom is 0.243 e. The molecular formula is C28H33ClN6O4. The molecule has 10 nitrogen and oxygen atoms in total. The summed E-state index contributed by atoms with van der Waals surface area (Å²) in [5, 5.41) is 7.65. The number of methoxy groups -OCH3 is 2. The Morgan fingerprint density at radius 1 is 1.13 bits per heavy atom. The van der Waals surface area contributed by atoms with Gasteiger partial charge in [-0.1, -0.05) is 18.2 Å². The number of hydrogen-bond donors (Lipinski definition) is 2. The number of pyridine rings is 1. The summed E-state index contributed by atoms with van der Waals surface area (Å²) in [6.07, 6.45) is 6.37. The topological polar surface area (TPSA) is 111 Å². The van der Waals surface area contributed by atoms with Crippen LogP contribution in [0.2, 0.25) is 5.02 Å². The first-order valence-electron chi connectivity index (χ1n) is 13.0. The number of nitrogens with one attached hydrogen (secondary N) is 2.